The zero-order valence-corrected chi connectivity index (χ0v) is 11.2. The van der Waals surface area contributed by atoms with Crippen LogP contribution in [0.4, 0.5) is 11.4 Å². The largest absolute Gasteiger partial charge is 0.505 e. The third-order valence-electron chi connectivity index (χ3n) is 2.20. The molecule has 0 fully saturated rings. The summed E-state index contributed by atoms with van der Waals surface area (Å²) >= 11 is 11.6. The summed E-state index contributed by atoms with van der Waals surface area (Å²) in [6, 6.07) is 5.90. The van der Waals surface area contributed by atoms with Gasteiger partial charge < -0.3 is 9.52 Å². The maximum Gasteiger partial charge on any atom is 0.367 e. The van der Waals surface area contributed by atoms with E-state index in [2.05, 4.69) is 10.2 Å². The molecule has 0 amide bonds. The van der Waals surface area contributed by atoms with Gasteiger partial charge in [-0.2, -0.15) is 0 Å². The highest BCUT2D eigenvalue weighted by atomic mass is 35.5. The van der Waals surface area contributed by atoms with Crippen LogP contribution in [0.25, 0.3) is 0 Å². The van der Waals surface area contributed by atoms with Gasteiger partial charge in [-0.05, 0) is 25.1 Å². The van der Waals surface area contributed by atoms with Crippen molar-refractivity contribution < 1.29 is 9.52 Å². The summed E-state index contributed by atoms with van der Waals surface area (Å²) in [7, 11) is 0. The van der Waals surface area contributed by atoms with Crippen LogP contribution < -0.4 is 5.63 Å². The Bertz CT molecular complexity index is 711. The minimum Gasteiger partial charge on any atom is -0.505 e. The Labute approximate surface area is 118 Å². The van der Waals surface area contributed by atoms with Gasteiger partial charge in [0.2, 0.25) is 5.69 Å². The Morgan fingerprint density at radius 2 is 1.95 bits per heavy atom. The molecule has 0 unspecified atom stereocenters. The first-order valence-electron chi connectivity index (χ1n) is 5.18. The normalized spacial score (nSPS) is 11.1. The van der Waals surface area contributed by atoms with Gasteiger partial charge in [-0.3, -0.25) is 0 Å². The number of hydrogen-bond donors (Lipinski definition) is 1. The Balaban J connectivity index is 2.41. The molecule has 1 aromatic heterocycles. The maximum atomic E-state index is 11.5. The monoisotopic (exact) mass is 298 g/mol. The van der Waals surface area contributed by atoms with Crippen molar-refractivity contribution in [2.45, 2.75) is 6.92 Å². The smallest absolute Gasteiger partial charge is 0.367 e. The van der Waals surface area contributed by atoms with Crippen LogP contribution in [0, 0.1) is 6.92 Å². The first-order valence-corrected chi connectivity index (χ1v) is 5.93. The second-order valence-corrected chi connectivity index (χ2v) is 4.52. The van der Waals surface area contributed by atoms with Crippen LogP contribution in [-0.4, -0.2) is 5.11 Å². The van der Waals surface area contributed by atoms with Gasteiger partial charge in [-0.25, -0.2) is 4.79 Å². The Morgan fingerprint density at radius 1 is 1.21 bits per heavy atom. The van der Waals surface area contributed by atoms with Crippen LogP contribution in [0.5, 0.6) is 5.75 Å². The van der Waals surface area contributed by atoms with E-state index < -0.39 is 5.63 Å². The van der Waals surface area contributed by atoms with Gasteiger partial charge in [0.25, 0.3) is 0 Å². The van der Waals surface area contributed by atoms with Crippen molar-refractivity contribution in [2.24, 2.45) is 10.2 Å². The molecule has 0 saturated carbocycles. The SMILES string of the molecule is Cc1cc(O)c(N=Nc2ccc(Cl)cc2Cl)c(=O)o1. The highest BCUT2D eigenvalue weighted by molar-refractivity contribution is 6.36. The fourth-order valence-corrected chi connectivity index (χ4v) is 1.79. The highest BCUT2D eigenvalue weighted by Crippen LogP contribution is 2.30. The second-order valence-electron chi connectivity index (χ2n) is 3.67. The minimum atomic E-state index is -0.772. The molecule has 0 atom stereocenters. The van der Waals surface area contributed by atoms with E-state index in [-0.39, 0.29) is 22.2 Å². The molecule has 1 N–H and O–H groups in total. The summed E-state index contributed by atoms with van der Waals surface area (Å²) in [4.78, 5) is 11.5. The second kappa shape index (κ2) is 5.42. The Morgan fingerprint density at radius 3 is 2.58 bits per heavy atom. The molecule has 98 valence electrons. The molecule has 0 radical (unpaired) electrons. The lowest BCUT2D eigenvalue weighted by Gasteiger charge is -1.99. The zero-order chi connectivity index (χ0) is 14.0. The summed E-state index contributed by atoms with van der Waals surface area (Å²) in [5, 5.41) is 17.8. The fraction of sp³-hybridized carbons (Fsp3) is 0.0833. The van der Waals surface area contributed by atoms with Crippen molar-refractivity contribution in [3.63, 3.8) is 0 Å². The number of benzene rings is 1. The summed E-state index contributed by atoms with van der Waals surface area (Å²) in [6.45, 7) is 1.54. The molecule has 19 heavy (non-hydrogen) atoms. The predicted molar refractivity (Wildman–Crippen MR) is 72.0 cm³/mol. The van der Waals surface area contributed by atoms with Crippen LogP contribution >= 0.6 is 23.2 Å². The Kier molecular flexibility index (Phi) is 3.87. The van der Waals surface area contributed by atoms with Gasteiger partial charge in [-0.15, -0.1) is 10.2 Å². The number of halogens is 2. The van der Waals surface area contributed by atoms with E-state index in [4.69, 9.17) is 27.6 Å². The first kappa shape index (κ1) is 13.6. The number of rotatable bonds is 2. The standard InChI is InChI=1S/C12H8Cl2N2O3/c1-6-4-10(17)11(12(18)19-6)16-15-9-3-2-7(13)5-8(9)14/h2-5,17H,1H3. The molecule has 2 aromatic rings. The third kappa shape index (κ3) is 3.13. The van der Waals surface area contributed by atoms with E-state index in [1.165, 1.54) is 19.1 Å². The number of azo groups is 1. The van der Waals surface area contributed by atoms with Crippen molar-refractivity contribution >= 4 is 34.6 Å². The van der Waals surface area contributed by atoms with Crippen molar-refractivity contribution in [1.29, 1.82) is 0 Å². The molecule has 2 rings (SSSR count). The topological polar surface area (TPSA) is 75.2 Å². The highest BCUT2D eigenvalue weighted by Gasteiger charge is 2.09. The molecule has 0 aliphatic rings. The molecule has 0 aliphatic carbocycles. The lowest BCUT2D eigenvalue weighted by atomic mass is 10.3. The number of aryl methyl sites for hydroxylation is 1. The molecule has 0 spiro atoms. The molecular weight excluding hydrogens is 291 g/mol. The molecule has 5 nitrogen and oxygen atoms in total. The van der Waals surface area contributed by atoms with Gasteiger partial charge in [0.15, 0.2) is 5.75 Å². The van der Waals surface area contributed by atoms with Crippen molar-refractivity contribution in [3.05, 3.63) is 50.5 Å². The number of nitrogens with zero attached hydrogens (tertiary/aromatic N) is 2. The molecule has 0 saturated heterocycles. The van der Waals surface area contributed by atoms with Crippen LogP contribution in [0.1, 0.15) is 5.76 Å². The molecule has 1 heterocycles. The van der Waals surface area contributed by atoms with Crippen LogP contribution in [0.15, 0.2) is 43.7 Å². The predicted octanol–water partition coefficient (Wildman–Crippen LogP) is 4.38. The summed E-state index contributed by atoms with van der Waals surface area (Å²) in [5.41, 5.74) is -0.728. The van der Waals surface area contributed by atoms with Gasteiger partial charge in [0, 0.05) is 11.1 Å². The molecule has 0 bridgehead atoms. The van der Waals surface area contributed by atoms with Gasteiger partial charge in [-0.1, -0.05) is 23.2 Å². The van der Waals surface area contributed by atoms with Crippen molar-refractivity contribution in [2.75, 3.05) is 0 Å². The van der Waals surface area contributed by atoms with Crippen molar-refractivity contribution in [3.8, 4) is 5.75 Å². The molecule has 1 aromatic carbocycles. The Hall–Kier alpha value is -1.85. The van der Waals surface area contributed by atoms with Gasteiger partial charge >= 0.3 is 5.63 Å². The average molecular weight is 299 g/mol. The van der Waals surface area contributed by atoms with E-state index in [1.54, 1.807) is 12.1 Å². The summed E-state index contributed by atoms with van der Waals surface area (Å²) in [5.74, 6) is -0.0199. The van der Waals surface area contributed by atoms with E-state index in [1.807, 2.05) is 0 Å². The number of hydrogen-bond acceptors (Lipinski definition) is 5. The van der Waals surface area contributed by atoms with Crippen LogP contribution in [-0.2, 0) is 0 Å². The summed E-state index contributed by atoms with van der Waals surface area (Å²) in [6.07, 6.45) is 0. The quantitative estimate of drug-likeness (QED) is 0.836. The lowest BCUT2D eigenvalue weighted by Crippen LogP contribution is -1.98. The lowest BCUT2D eigenvalue weighted by molar-refractivity contribution is 0.437. The van der Waals surface area contributed by atoms with Crippen LogP contribution in [0.3, 0.4) is 0 Å². The third-order valence-corrected chi connectivity index (χ3v) is 2.73. The molecular formula is C12H8Cl2N2O3. The van der Waals surface area contributed by atoms with E-state index >= 15 is 0 Å². The molecule has 0 aliphatic heterocycles. The average Bonchev–Trinajstić information content (AvgIpc) is 2.30. The van der Waals surface area contributed by atoms with Crippen LogP contribution in [0.2, 0.25) is 10.0 Å². The first-order chi connectivity index (χ1) is 8.97. The van der Waals surface area contributed by atoms with Crippen molar-refractivity contribution in [1.82, 2.24) is 0 Å². The zero-order valence-electron chi connectivity index (χ0n) is 9.72. The maximum absolute atomic E-state index is 11.5. The summed E-state index contributed by atoms with van der Waals surface area (Å²) < 4.78 is 4.80. The fourth-order valence-electron chi connectivity index (χ4n) is 1.35. The van der Waals surface area contributed by atoms with E-state index in [0.717, 1.165) is 0 Å². The van der Waals surface area contributed by atoms with E-state index in [0.29, 0.717) is 10.7 Å². The number of aromatic hydroxyl groups is 1. The van der Waals surface area contributed by atoms with E-state index in [9.17, 15) is 9.90 Å². The van der Waals surface area contributed by atoms with Gasteiger partial charge in [0.1, 0.15) is 11.4 Å². The molecule has 7 heteroatoms. The minimum absolute atomic E-state index is 0.281. The van der Waals surface area contributed by atoms with Gasteiger partial charge in [0.05, 0.1) is 5.02 Å².